The van der Waals surface area contributed by atoms with E-state index >= 15 is 0 Å². The third kappa shape index (κ3) is 2.66. The molecule has 0 amide bonds. The van der Waals surface area contributed by atoms with E-state index in [-0.39, 0.29) is 23.5 Å². The first kappa shape index (κ1) is 13.0. The highest BCUT2D eigenvalue weighted by molar-refractivity contribution is 7.91. The molecule has 0 aromatic carbocycles. The van der Waals surface area contributed by atoms with E-state index in [4.69, 9.17) is 5.84 Å². The fourth-order valence-corrected chi connectivity index (χ4v) is 5.20. The lowest BCUT2D eigenvalue weighted by Crippen LogP contribution is -2.43. The van der Waals surface area contributed by atoms with Gasteiger partial charge in [0.05, 0.1) is 17.2 Å². The van der Waals surface area contributed by atoms with Crippen molar-refractivity contribution in [3.8, 4) is 0 Å². The van der Waals surface area contributed by atoms with Crippen LogP contribution < -0.4 is 11.3 Å². The summed E-state index contributed by atoms with van der Waals surface area (Å²) in [5.74, 6) is 6.16. The second-order valence-corrected chi connectivity index (χ2v) is 8.07. The number of hydrogen-bond acceptors (Lipinski definition) is 6. The average molecular weight is 300 g/mol. The summed E-state index contributed by atoms with van der Waals surface area (Å²) in [6.07, 6.45) is 5.27. The summed E-state index contributed by atoms with van der Waals surface area (Å²) in [5.41, 5.74) is 3.70. The molecule has 0 spiro atoms. The third-order valence-corrected chi connectivity index (χ3v) is 6.19. The van der Waals surface area contributed by atoms with Crippen molar-refractivity contribution in [3.63, 3.8) is 0 Å². The average Bonchev–Trinajstić information content (AvgIpc) is 2.99. The number of hydrogen-bond donors (Lipinski definition) is 2. The molecule has 3 heterocycles. The van der Waals surface area contributed by atoms with Crippen molar-refractivity contribution in [2.75, 3.05) is 11.5 Å². The van der Waals surface area contributed by atoms with Gasteiger partial charge in [0.2, 0.25) is 0 Å². The van der Waals surface area contributed by atoms with Crippen LogP contribution in [0.2, 0.25) is 0 Å². The molecule has 0 radical (unpaired) electrons. The van der Waals surface area contributed by atoms with Crippen LogP contribution in [-0.2, 0) is 16.3 Å². The van der Waals surface area contributed by atoms with Crippen LogP contribution in [0.5, 0.6) is 0 Å². The molecule has 1 saturated heterocycles. The van der Waals surface area contributed by atoms with Gasteiger partial charge in [-0.1, -0.05) is 0 Å². The molecule has 0 bridgehead atoms. The number of sulfone groups is 1. The quantitative estimate of drug-likeness (QED) is 0.622. The van der Waals surface area contributed by atoms with E-state index in [2.05, 4.69) is 10.4 Å². The third-order valence-electron chi connectivity index (χ3n) is 3.62. The van der Waals surface area contributed by atoms with Crippen molar-refractivity contribution < 1.29 is 8.42 Å². The molecule has 3 N–H and O–H groups in total. The van der Waals surface area contributed by atoms with Gasteiger partial charge >= 0.3 is 0 Å². The molecule has 19 heavy (non-hydrogen) atoms. The summed E-state index contributed by atoms with van der Waals surface area (Å²) in [6, 6.07) is -0.0399. The Morgan fingerprint density at radius 1 is 1.63 bits per heavy atom. The SMILES string of the molecule is NNC(Cc1cn2ccsc2n1)C1CCS(=O)(=O)C1. The molecule has 1 fully saturated rings. The topological polar surface area (TPSA) is 89.5 Å². The first-order valence-corrected chi connectivity index (χ1v) is 8.85. The molecule has 1 aliphatic rings. The van der Waals surface area contributed by atoms with E-state index in [1.807, 2.05) is 22.2 Å². The molecule has 2 aromatic rings. The van der Waals surface area contributed by atoms with Crippen molar-refractivity contribution in [3.05, 3.63) is 23.5 Å². The molecule has 2 atom stereocenters. The van der Waals surface area contributed by atoms with E-state index in [1.54, 1.807) is 11.3 Å². The standard InChI is InChI=1S/C11H16N4O2S2/c12-14-10(8-1-4-19(16,17)7-8)5-9-6-15-2-3-18-11(15)13-9/h2-3,6,8,10,14H,1,4-5,7,12H2. The Balaban J connectivity index is 1.75. The van der Waals surface area contributed by atoms with Gasteiger partial charge in [0.25, 0.3) is 0 Å². The van der Waals surface area contributed by atoms with Gasteiger partial charge in [0, 0.05) is 30.2 Å². The Hall–Kier alpha value is -0.960. The summed E-state index contributed by atoms with van der Waals surface area (Å²) in [4.78, 5) is 5.45. The summed E-state index contributed by atoms with van der Waals surface area (Å²) < 4.78 is 25.0. The molecule has 104 valence electrons. The van der Waals surface area contributed by atoms with Gasteiger partial charge in [0.15, 0.2) is 14.8 Å². The predicted octanol–water partition coefficient (Wildman–Crippen LogP) is 0.205. The van der Waals surface area contributed by atoms with Gasteiger partial charge in [-0.15, -0.1) is 11.3 Å². The molecule has 2 unspecified atom stereocenters. The van der Waals surface area contributed by atoms with Crippen LogP contribution >= 0.6 is 11.3 Å². The molecule has 0 saturated carbocycles. The van der Waals surface area contributed by atoms with E-state index < -0.39 is 9.84 Å². The number of rotatable bonds is 4. The lowest BCUT2D eigenvalue weighted by molar-refractivity contribution is 0.383. The molecule has 0 aliphatic carbocycles. The Morgan fingerprint density at radius 3 is 3.11 bits per heavy atom. The molecule has 6 nitrogen and oxygen atoms in total. The summed E-state index contributed by atoms with van der Waals surface area (Å²) in [7, 11) is -2.88. The Kier molecular flexibility index (Phi) is 3.34. The number of aromatic nitrogens is 2. The van der Waals surface area contributed by atoms with Crippen molar-refractivity contribution >= 4 is 26.1 Å². The maximum atomic E-state index is 11.5. The van der Waals surface area contributed by atoms with Crippen LogP contribution in [0, 0.1) is 5.92 Å². The highest BCUT2D eigenvalue weighted by Crippen LogP contribution is 2.24. The summed E-state index contributed by atoms with van der Waals surface area (Å²) in [5, 5.41) is 1.98. The molecule has 1 aliphatic heterocycles. The maximum absolute atomic E-state index is 11.5. The number of nitrogens with zero attached hydrogens (tertiary/aromatic N) is 2. The maximum Gasteiger partial charge on any atom is 0.193 e. The van der Waals surface area contributed by atoms with Crippen LogP contribution in [0.3, 0.4) is 0 Å². The number of nitrogens with two attached hydrogens (primary N) is 1. The first-order chi connectivity index (χ1) is 9.07. The van der Waals surface area contributed by atoms with Crippen LogP contribution in [-0.4, -0.2) is 35.4 Å². The number of hydrazine groups is 1. The fraction of sp³-hybridized carbons (Fsp3) is 0.545. The summed E-state index contributed by atoms with van der Waals surface area (Å²) >= 11 is 1.58. The van der Waals surface area contributed by atoms with Crippen molar-refractivity contribution in [2.24, 2.45) is 11.8 Å². The Bertz CT molecular complexity index is 647. The number of thiazole rings is 1. The van der Waals surface area contributed by atoms with E-state index in [1.165, 1.54) is 0 Å². The lowest BCUT2D eigenvalue weighted by atomic mass is 9.96. The minimum absolute atomic E-state index is 0.0399. The molecular formula is C11H16N4O2S2. The van der Waals surface area contributed by atoms with Gasteiger partial charge in [-0.2, -0.15) is 0 Å². The van der Waals surface area contributed by atoms with Crippen LogP contribution in [0.1, 0.15) is 12.1 Å². The van der Waals surface area contributed by atoms with E-state index in [0.717, 1.165) is 10.7 Å². The Labute approximate surface area is 115 Å². The first-order valence-electron chi connectivity index (χ1n) is 6.15. The van der Waals surface area contributed by atoms with Gasteiger partial charge in [-0.3, -0.25) is 15.7 Å². The zero-order valence-corrected chi connectivity index (χ0v) is 12.0. The van der Waals surface area contributed by atoms with Crippen LogP contribution in [0.25, 0.3) is 4.96 Å². The molecule has 8 heteroatoms. The zero-order valence-electron chi connectivity index (χ0n) is 10.3. The molecule has 3 rings (SSSR count). The van der Waals surface area contributed by atoms with Gasteiger partial charge < -0.3 is 0 Å². The second-order valence-electron chi connectivity index (χ2n) is 4.97. The zero-order chi connectivity index (χ0) is 13.5. The smallest absolute Gasteiger partial charge is 0.193 e. The van der Waals surface area contributed by atoms with Gasteiger partial charge in [-0.05, 0) is 12.3 Å². The fourth-order valence-electron chi connectivity index (χ4n) is 2.60. The highest BCUT2D eigenvalue weighted by Gasteiger charge is 2.33. The Morgan fingerprint density at radius 2 is 2.47 bits per heavy atom. The van der Waals surface area contributed by atoms with Gasteiger partial charge in [0.1, 0.15) is 0 Å². The second kappa shape index (κ2) is 4.86. The summed E-state index contributed by atoms with van der Waals surface area (Å²) in [6.45, 7) is 0. The number of nitrogens with one attached hydrogen (secondary N) is 1. The lowest BCUT2D eigenvalue weighted by Gasteiger charge is -2.20. The highest BCUT2D eigenvalue weighted by atomic mass is 32.2. The van der Waals surface area contributed by atoms with Crippen LogP contribution in [0.4, 0.5) is 0 Å². The minimum Gasteiger partial charge on any atom is -0.297 e. The predicted molar refractivity (Wildman–Crippen MR) is 74.6 cm³/mol. The number of fused-ring (bicyclic) bond motifs is 1. The normalized spacial score (nSPS) is 23.9. The van der Waals surface area contributed by atoms with Gasteiger partial charge in [-0.25, -0.2) is 13.4 Å². The van der Waals surface area contributed by atoms with Crippen LogP contribution in [0.15, 0.2) is 17.8 Å². The monoisotopic (exact) mass is 300 g/mol. The number of imidazole rings is 1. The molecule has 2 aromatic heterocycles. The molecular weight excluding hydrogens is 284 g/mol. The minimum atomic E-state index is -2.88. The largest absolute Gasteiger partial charge is 0.297 e. The van der Waals surface area contributed by atoms with E-state index in [0.29, 0.717) is 12.8 Å². The van der Waals surface area contributed by atoms with Crippen molar-refractivity contribution in [1.82, 2.24) is 14.8 Å². The van der Waals surface area contributed by atoms with Crippen molar-refractivity contribution in [2.45, 2.75) is 18.9 Å². The van der Waals surface area contributed by atoms with Crippen molar-refractivity contribution in [1.29, 1.82) is 0 Å². The van der Waals surface area contributed by atoms with E-state index in [9.17, 15) is 8.42 Å².